The standard InChI is InChI=1S/C14H9ClF2N2/c15-11-1-3-14(17)10(5-11)8-19-12-2-4-13(16)9(6-12)7-18/h1-6,19H,8H2. The third kappa shape index (κ3) is 3.21. The lowest BCUT2D eigenvalue weighted by atomic mass is 10.2. The normalized spacial score (nSPS) is 10.0. The minimum atomic E-state index is -0.581. The zero-order chi connectivity index (χ0) is 13.8. The Morgan fingerprint density at radius 2 is 1.84 bits per heavy atom. The van der Waals surface area contributed by atoms with Gasteiger partial charge in [0.25, 0.3) is 0 Å². The Labute approximate surface area is 114 Å². The molecular weight excluding hydrogens is 270 g/mol. The molecule has 0 heterocycles. The lowest BCUT2D eigenvalue weighted by Gasteiger charge is -2.08. The van der Waals surface area contributed by atoms with Gasteiger partial charge >= 0.3 is 0 Å². The molecule has 0 aromatic heterocycles. The topological polar surface area (TPSA) is 35.8 Å². The van der Waals surface area contributed by atoms with Gasteiger partial charge in [0.15, 0.2) is 0 Å². The SMILES string of the molecule is N#Cc1cc(NCc2cc(Cl)ccc2F)ccc1F. The average Bonchev–Trinajstić information content (AvgIpc) is 2.41. The van der Waals surface area contributed by atoms with Crippen LogP contribution in [0, 0.1) is 23.0 Å². The molecule has 2 aromatic carbocycles. The molecule has 0 aliphatic carbocycles. The minimum absolute atomic E-state index is 0.0587. The van der Waals surface area contributed by atoms with E-state index >= 15 is 0 Å². The molecule has 0 aliphatic heterocycles. The van der Waals surface area contributed by atoms with Crippen LogP contribution in [0.1, 0.15) is 11.1 Å². The first-order valence-corrected chi connectivity index (χ1v) is 5.85. The van der Waals surface area contributed by atoms with Crippen molar-refractivity contribution in [1.82, 2.24) is 0 Å². The van der Waals surface area contributed by atoms with Crippen molar-refractivity contribution in [3.05, 3.63) is 64.2 Å². The number of hydrogen-bond donors (Lipinski definition) is 1. The van der Waals surface area contributed by atoms with Gasteiger partial charge in [-0.05, 0) is 36.4 Å². The van der Waals surface area contributed by atoms with Gasteiger partial charge in [0, 0.05) is 22.8 Å². The highest BCUT2D eigenvalue weighted by Crippen LogP contribution is 2.18. The Hall–Kier alpha value is -2.12. The fraction of sp³-hybridized carbons (Fsp3) is 0.0714. The third-order valence-electron chi connectivity index (χ3n) is 2.58. The highest BCUT2D eigenvalue weighted by Gasteiger charge is 2.05. The Kier molecular flexibility index (Phi) is 3.98. The minimum Gasteiger partial charge on any atom is -0.381 e. The van der Waals surface area contributed by atoms with Crippen LogP contribution in [0.3, 0.4) is 0 Å². The molecule has 0 fully saturated rings. The molecule has 0 saturated heterocycles. The summed E-state index contributed by atoms with van der Waals surface area (Å²) in [6, 6.07) is 10.1. The van der Waals surface area contributed by atoms with Crippen molar-refractivity contribution in [2.45, 2.75) is 6.54 Å². The van der Waals surface area contributed by atoms with Crippen molar-refractivity contribution >= 4 is 17.3 Å². The van der Waals surface area contributed by atoms with Crippen molar-refractivity contribution in [2.24, 2.45) is 0 Å². The van der Waals surface area contributed by atoms with Crippen LogP contribution in [0.2, 0.25) is 5.02 Å². The quantitative estimate of drug-likeness (QED) is 0.917. The summed E-state index contributed by atoms with van der Waals surface area (Å²) in [6.45, 7) is 0.197. The van der Waals surface area contributed by atoms with Crippen LogP contribution >= 0.6 is 11.6 Å². The third-order valence-corrected chi connectivity index (χ3v) is 2.81. The highest BCUT2D eigenvalue weighted by molar-refractivity contribution is 6.30. The fourth-order valence-electron chi connectivity index (χ4n) is 1.60. The number of halogens is 3. The number of nitrogens with zero attached hydrogens (tertiary/aromatic N) is 1. The van der Waals surface area contributed by atoms with Crippen molar-refractivity contribution in [3.8, 4) is 6.07 Å². The zero-order valence-electron chi connectivity index (χ0n) is 9.75. The van der Waals surface area contributed by atoms with E-state index in [1.165, 1.54) is 36.4 Å². The molecule has 2 rings (SSSR count). The van der Waals surface area contributed by atoms with Crippen LogP contribution in [0.25, 0.3) is 0 Å². The van der Waals surface area contributed by atoms with E-state index in [4.69, 9.17) is 16.9 Å². The first kappa shape index (κ1) is 13.3. The van der Waals surface area contributed by atoms with Crippen molar-refractivity contribution < 1.29 is 8.78 Å². The molecule has 0 aliphatic rings. The van der Waals surface area contributed by atoms with E-state index in [0.717, 1.165) is 0 Å². The van der Waals surface area contributed by atoms with E-state index in [9.17, 15) is 8.78 Å². The van der Waals surface area contributed by atoms with E-state index in [0.29, 0.717) is 16.3 Å². The number of anilines is 1. The van der Waals surface area contributed by atoms with Crippen molar-refractivity contribution in [1.29, 1.82) is 5.26 Å². The van der Waals surface area contributed by atoms with Crippen LogP contribution in [0.5, 0.6) is 0 Å². The van der Waals surface area contributed by atoms with E-state index < -0.39 is 5.82 Å². The van der Waals surface area contributed by atoms with Crippen LogP contribution < -0.4 is 5.32 Å². The second-order valence-corrected chi connectivity index (χ2v) is 4.33. The van der Waals surface area contributed by atoms with Gasteiger partial charge in [-0.15, -0.1) is 0 Å². The van der Waals surface area contributed by atoms with Gasteiger partial charge in [0.1, 0.15) is 17.7 Å². The van der Waals surface area contributed by atoms with E-state index in [1.807, 2.05) is 0 Å². The lowest BCUT2D eigenvalue weighted by Crippen LogP contribution is -2.02. The summed E-state index contributed by atoms with van der Waals surface area (Å²) in [5, 5.41) is 12.1. The van der Waals surface area contributed by atoms with E-state index in [1.54, 1.807) is 6.07 Å². The molecule has 2 nitrogen and oxygen atoms in total. The molecule has 5 heteroatoms. The molecule has 0 unspecified atom stereocenters. The number of rotatable bonds is 3. The molecule has 0 saturated carbocycles. The summed E-state index contributed by atoms with van der Waals surface area (Å²) in [7, 11) is 0. The van der Waals surface area contributed by atoms with Crippen LogP contribution in [0.15, 0.2) is 36.4 Å². The van der Waals surface area contributed by atoms with Gasteiger partial charge in [-0.2, -0.15) is 5.26 Å². The number of nitriles is 1. The van der Waals surface area contributed by atoms with Gasteiger partial charge in [0.2, 0.25) is 0 Å². The van der Waals surface area contributed by atoms with Crippen LogP contribution in [-0.4, -0.2) is 0 Å². The summed E-state index contributed by atoms with van der Waals surface area (Å²) in [6.07, 6.45) is 0. The molecule has 0 radical (unpaired) electrons. The second kappa shape index (κ2) is 5.68. The largest absolute Gasteiger partial charge is 0.381 e. The molecule has 2 aromatic rings. The Bertz CT molecular complexity index is 650. The monoisotopic (exact) mass is 278 g/mol. The maximum atomic E-state index is 13.5. The molecule has 0 amide bonds. The Balaban J connectivity index is 2.15. The van der Waals surface area contributed by atoms with Gasteiger partial charge in [-0.25, -0.2) is 8.78 Å². The molecule has 19 heavy (non-hydrogen) atoms. The number of nitrogens with one attached hydrogen (secondary N) is 1. The molecule has 96 valence electrons. The van der Waals surface area contributed by atoms with Gasteiger partial charge in [0.05, 0.1) is 5.56 Å². The number of hydrogen-bond acceptors (Lipinski definition) is 2. The highest BCUT2D eigenvalue weighted by atomic mass is 35.5. The smallest absolute Gasteiger partial charge is 0.141 e. The van der Waals surface area contributed by atoms with Crippen LogP contribution in [-0.2, 0) is 6.54 Å². The summed E-state index contributed by atoms with van der Waals surface area (Å²) >= 11 is 5.78. The molecule has 0 spiro atoms. The molecule has 0 atom stereocenters. The summed E-state index contributed by atoms with van der Waals surface area (Å²) in [4.78, 5) is 0. The second-order valence-electron chi connectivity index (χ2n) is 3.90. The summed E-state index contributed by atoms with van der Waals surface area (Å²) in [5.41, 5.74) is 0.879. The predicted octanol–water partition coefficient (Wildman–Crippen LogP) is 4.10. The van der Waals surface area contributed by atoms with Gasteiger partial charge in [-0.1, -0.05) is 11.6 Å². The Morgan fingerprint density at radius 3 is 2.58 bits per heavy atom. The van der Waals surface area contributed by atoms with E-state index in [2.05, 4.69) is 5.32 Å². The van der Waals surface area contributed by atoms with Crippen LogP contribution in [0.4, 0.5) is 14.5 Å². The van der Waals surface area contributed by atoms with Gasteiger partial charge < -0.3 is 5.32 Å². The first-order chi connectivity index (χ1) is 9.10. The van der Waals surface area contributed by atoms with Crippen molar-refractivity contribution in [3.63, 3.8) is 0 Å². The maximum absolute atomic E-state index is 13.5. The fourth-order valence-corrected chi connectivity index (χ4v) is 1.79. The first-order valence-electron chi connectivity index (χ1n) is 5.47. The summed E-state index contributed by atoms with van der Waals surface area (Å²) in [5.74, 6) is -0.957. The molecular formula is C14H9ClF2N2. The van der Waals surface area contributed by atoms with E-state index in [-0.39, 0.29) is 17.9 Å². The van der Waals surface area contributed by atoms with Gasteiger partial charge in [-0.3, -0.25) is 0 Å². The maximum Gasteiger partial charge on any atom is 0.141 e. The summed E-state index contributed by atoms with van der Waals surface area (Å²) < 4.78 is 26.6. The number of benzene rings is 2. The zero-order valence-corrected chi connectivity index (χ0v) is 10.5. The van der Waals surface area contributed by atoms with Crippen molar-refractivity contribution in [2.75, 3.05) is 5.32 Å². The predicted molar refractivity (Wildman–Crippen MR) is 69.9 cm³/mol. The molecule has 0 bridgehead atoms. The average molecular weight is 279 g/mol. The Morgan fingerprint density at radius 1 is 1.11 bits per heavy atom. The molecule has 1 N–H and O–H groups in total. The lowest BCUT2D eigenvalue weighted by molar-refractivity contribution is 0.612.